The lowest BCUT2D eigenvalue weighted by Gasteiger charge is -2.16. The van der Waals surface area contributed by atoms with E-state index in [4.69, 9.17) is 40.2 Å². The van der Waals surface area contributed by atoms with Gasteiger partial charge in [-0.25, -0.2) is 8.78 Å². The van der Waals surface area contributed by atoms with Crippen molar-refractivity contribution in [2.24, 2.45) is 0 Å². The minimum absolute atomic E-state index is 0.113. The fourth-order valence-electron chi connectivity index (χ4n) is 3.36. The highest BCUT2D eigenvalue weighted by Gasteiger charge is 2.37. The van der Waals surface area contributed by atoms with Crippen molar-refractivity contribution in [2.75, 3.05) is 0 Å². The molecule has 170 valence electrons. The molecule has 0 unspecified atom stereocenters. The second-order valence-electron chi connectivity index (χ2n) is 7.43. The summed E-state index contributed by atoms with van der Waals surface area (Å²) in [7, 11) is 0. The van der Waals surface area contributed by atoms with E-state index in [0.717, 1.165) is 16.7 Å². The monoisotopic (exact) mass is 523 g/mol. The fourth-order valence-corrected chi connectivity index (χ4v) is 5.54. The highest BCUT2D eigenvalue weighted by molar-refractivity contribution is 8.24. The van der Waals surface area contributed by atoms with Gasteiger partial charge in [0.25, 0.3) is 0 Å². The Hall–Kier alpha value is -2.19. The molecule has 33 heavy (non-hydrogen) atoms. The van der Waals surface area contributed by atoms with Crippen molar-refractivity contribution < 1.29 is 18.3 Å². The molecule has 3 aromatic rings. The summed E-state index contributed by atoms with van der Waals surface area (Å²) in [6, 6.07) is 15.3. The molecule has 0 aliphatic carbocycles. The maximum atomic E-state index is 13.1. The van der Waals surface area contributed by atoms with Gasteiger partial charge in [0.05, 0.1) is 21.8 Å². The molecule has 1 fully saturated rings. The maximum absolute atomic E-state index is 13.1. The van der Waals surface area contributed by atoms with Crippen molar-refractivity contribution >= 4 is 57.4 Å². The molecule has 0 bridgehead atoms. The molecule has 1 heterocycles. The topological polar surface area (TPSA) is 29.5 Å². The molecular weight excluding hydrogens is 507 g/mol. The molecule has 1 atom stereocenters. The van der Waals surface area contributed by atoms with Gasteiger partial charge < -0.3 is 4.74 Å². The van der Waals surface area contributed by atoms with Gasteiger partial charge in [-0.2, -0.15) is 0 Å². The van der Waals surface area contributed by atoms with Crippen LogP contribution in [-0.4, -0.2) is 20.4 Å². The Balaban J connectivity index is 1.42. The summed E-state index contributed by atoms with van der Waals surface area (Å²) in [4.78, 5) is 14.5. The molecule has 1 saturated heterocycles. The van der Waals surface area contributed by atoms with Crippen LogP contribution < -0.4 is 4.74 Å². The van der Waals surface area contributed by atoms with Crippen molar-refractivity contribution in [3.63, 3.8) is 0 Å². The quantitative estimate of drug-likeness (QED) is 0.317. The van der Waals surface area contributed by atoms with Crippen LogP contribution in [-0.2, 0) is 24.4 Å². The minimum Gasteiger partial charge on any atom is -0.486 e. The van der Waals surface area contributed by atoms with Gasteiger partial charge in [-0.1, -0.05) is 71.4 Å². The molecular formula is C24H17Cl2F2NO2S2. The fraction of sp³-hybridized carbons (Fsp3) is 0.167. The Morgan fingerprint density at radius 1 is 0.909 bits per heavy atom. The molecule has 3 aromatic carbocycles. The Morgan fingerprint density at radius 3 is 2.03 bits per heavy atom. The first-order valence-corrected chi connectivity index (χ1v) is 12.0. The predicted octanol–water partition coefficient (Wildman–Crippen LogP) is 6.82. The van der Waals surface area contributed by atoms with E-state index in [-0.39, 0.29) is 24.1 Å². The van der Waals surface area contributed by atoms with Gasteiger partial charge in [0, 0.05) is 0 Å². The first-order valence-electron chi connectivity index (χ1n) is 9.92. The first-order chi connectivity index (χ1) is 15.8. The van der Waals surface area contributed by atoms with Crippen molar-refractivity contribution in [2.45, 2.75) is 24.8 Å². The van der Waals surface area contributed by atoms with Gasteiger partial charge in [-0.3, -0.25) is 9.69 Å². The number of carbonyl (C=O) groups is 1. The zero-order chi connectivity index (χ0) is 23.5. The van der Waals surface area contributed by atoms with Gasteiger partial charge in [0.1, 0.15) is 22.6 Å². The van der Waals surface area contributed by atoms with E-state index in [2.05, 4.69) is 0 Å². The highest BCUT2D eigenvalue weighted by Crippen LogP contribution is 2.37. The van der Waals surface area contributed by atoms with E-state index in [0.29, 0.717) is 33.1 Å². The maximum Gasteiger partial charge on any atom is 0.242 e. The van der Waals surface area contributed by atoms with Crippen LogP contribution in [0.2, 0.25) is 10.0 Å². The Labute approximate surface area is 209 Å². The zero-order valence-corrected chi connectivity index (χ0v) is 20.2. The van der Waals surface area contributed by atoms with E-state index in [1.807, 2.05) is 0 Å². The number of carbonyl (C=O) groups excluding carboxylic acids is 1. The molecule has 4 rings (SSSR count). The number of thioether (sulfide) groups is 1. The third kappa shape index (κ3) is 5.84. The summed E-state index contributed by atoms with van der Waals surface area (Å²) in [5.41, 5.74) is 2.34. The van der Waals surface area contributed by atoms with Crippen LogP contribution in [0.4, 0.5) is 8.78 Å². The standard InChI is InChI=1S/C24H17Cl2F2NO2S2/c25-19-9-16(10-20(26)22(19)31-13-15-3-7-18(28)8-4-15)11-21-23(30)29(24(32)33-21)12-14-1-5-17(27)6-2-14/h1-10,21H,11-13H2/t21-/m1/s1. The molecule has 1 aliphatic heterocycles. The number of rotatable bonds is 7. The number of benzene rings is 3. The number of ether oxygens (including phenoxy) is 1. The minimum atomic E-state index is -0.406. The zero-order valence-electron chi connectivity index (χ0n) is 17.1. The van der Waals surface area contributed by atoms with Crippen LogP contribution in [0.3, 0.4) is 0 Å². The second-order valence-corrected chi connectivity index (χ2v) is 10.1. The van der Waals surface area contributed by atoms with E-state index in [1.165, 1.54) is 40.9 Å². The average Bonchev–Trinajstić information content (AvgIpc) is 3.03. The van der Waals surface area contributed by atoms with Crippen LogP contribution in [0.15, 0.2) is 60.7 Å². The first kappa shape index (κ1) is 24.0. The predicted molar refractivity (Wildman–Crippen MR) is 132 cm³/mol. The van der Waals surface area contributed by atoms with Crippen LogP contribution in [0, 0.1) is 11.6 Å². The summed E-state index contributed by atoms with van der Waals surface area (Å²) >= 11 is 19.5. The van der Waals surface area contributed by atoms with Crippen molar-refractivity contribution in [3.05, 3.63) is 99.0 Å². The molecule has 0 saturated carbocycles. The lowest BCUT2D eigenvalue weighted by Crippen LogP contribution is -2.31. The second kappa shape index (κ2) is 10.4. The van der Waals surface area contributed by atoms with Crippen LogP contribution in [0.1, 0.15) is 16.7 Å². The lowest BCUT2D eigenvalue weighted by molar-refractivity contribution is -0.126. The molecule has 0 radical (unpaired) electrons. The number of hydrogen-bond donors (Lipinski definition) is 0. The van der Waals surface area contributed by atoms with Crippen molar-refractivity contribution in [3.8, 4) is 5.75 Å². The summed E-state index contributed by atoms with van der Waals surface area (Å²) < 4.78 is 32.4. The molecule has 9 heteroatoms. The van der Waals surface area contributed by atoms with Gasteiger partial charge in [-0.05, 0) is 59.5 Å². The van der Waals surface area contributed by atoms with Crippen LogP contribution >= 0.6 is 47.2 Å². The van der Waals surface area contributed by atoms with E-state index in [1.54, 1.807) is 36.4 Å². The van der Waals surface area contributed by atoms with E-state index >= 15 is 0 Å². The van der Waals surface area contributed by atoms with Gasteiger partial charge in [-0.15, -0.1) is 0 Å². The van der Waals surface area contributed by atoms with E-state index in [9.17, 15) is 13.6 Å². The van der Waals surface area contributed by atoms with Crippen molar-refractivity contribution in [1.82, 2.24) is 4.90 Å². The molecule has 0 spiro atoms. The SMILES string of the molecule is O=C1[C@@H](Cc2cc(Cl)c(OCc3ccc(F)cc3)c(Cl)c2)SC(=S)N1Cc1ccc(F)cc1. The normalized spacial score (nSPS) is 15.9. The summed E-state index contributed by atoms with van der Waals surface area (Å²) in [6.07, 6.45) is 0.390. The Morgan fingerprint density at radius 2 is 1.45 bits per heavy atom. The Bertz CT molecular complexity index is 1170. The summed E-state index contributed by atoms with van der Waals surface area (Å²) in [5.74, 6) is -0.446. The van der Waals surface area contributed by atoms with Gasteiger partial charge in [0.15, 0.2) is 5.75 Å². The number of amides is 1. The molecule has 1 aliphatic rings. The summed E-state index contributed by atoms with van der Waals surface area (Å²) in [6.45, 7) is 0.474. The van der Waals surface area contributed by atoms with Crippen LogP contribution in [0.5, 0.6) is 5.75 Å². The van der Waals surface area contributed by atoms with Gasteiger partial charge >= 0.3 is 0 Å². The number of hydrogen-bond acceptors (Lipinski definition) is 4. The molecule has 0 N–H and O–H groups in total. The highest BCUT2D eigenvalue weighted by atomic mass is 35.5. The summed E-state index contributed by atoms with van der Waals surface area (Å²) in [5, 5.41) is 0.234. The molecule has 3 nitrogen and oxygen atoms in total. The van der Waals surface area contributed by atoms with Crippen LogP contribution in [0.25, 0.3) is 0 Å². The lowest BCUT2D eigenvalue weighted by atomic mass is 10.1. The smallest absolute Gasteiger partial charge is 0.242 e. The van der Waals surface area contributed by atoms with Gasteiger partial charge in [0.2, 0.25) is 5.91 Å². The third-order valence-corrected chi connectivity index (χ3v) is 7.18. The third-order valence-electron chi connectivity index (χ3n) is 5.03. The number of halogens is 4. The largest absolute Gasteiger partial charge is 0.486 e. The van der Waals surface area contributed by atoms with E-state index < -0.39 is 5.25 Å². The Kier molecular flexibility index (Phi) is 7.54. The molecule has 1 amide bonds. The number of thiocarbonyl (C=S) groups is 1. The average molecular weight is 524 g/mol. The van der Waals surface area contributed by atoms with Crippen molar-refractivity contribution in [1.29, 1.82) is 0 Å². The number of nitrogens with zero attached hydrogens (tertiary/aromatic N) is 1. The molecule has 0 aromatic heterocycles.